The molecular weight excluding hydrogens is 394 g/mol. The van der Waals surface area contributed by atoms with E-state index >= 15 is 0 Å². The van der Waals surface area contributed by atoms with Gasteiger partial charge < -0.3 is 19.5 Å². The van der Waals surface area contributed by atoms with E-state index in [1.807, 2.05) is 24.3 Å². The average Bonchev–Trinajstić information content (AvgIpc) is 3.20. The van der Waals surface area contributed by atoms with E-state index in [2.05, 4.69) is 5.32 Å². The maximum Gasteiger partial charge on any atom is 0.223 e. The van der Waals surface area contributed by atoms with Gasteiger partial charge in [0.05, 0.1) is 6.54 Å². The number of benzene rings is 1. The number of carbonyl (C=O) groups is 3. The Bertz CT molecular complexity index is 870. The summed E-state index contributed by atoms with van der Waals surface area (Å²) < 4.78 is 5.74. The van der Waals surface area contributed by atoms with Crippen LogP contribution in [0.5, 0.6) is 0 Å². The lowest BCUT2D eigenvalue weighted by Gasteiger charge is -2.34. The Morgan fingerprint density at radius 2 is 1.62 bits per heavy atom. The van der Waals surface area contributed by atoms with Gasteiger partial charge >= 0.3 is 0 Å². The van der Waals surface area contributed by atoms with Gasteiger partial charge in [0.1, 0.15) is 11.5 Å². The molecule has 29 heavy (non-hydrogen) atoms. The zero-order valence-corrected chi connectivity index (χ0v) is 17.1. The molecule has 1 fully saturated rings. The summed E-state index contributed by atoms with van der Waals surface area (Å²) >= 11 is 5.89. The van der Waals surface area contributed by atoms with E-state index < -0.39 is 0 Å². The molecule has 0 aliphatic carbocycles. The van der Waals surface area contributed by atoms with Crippen LogP contribution >= 0.6 is 11.6 Å². The lowest BCUT2D eigenvalue weighted by molar-refractivity contribution is -0.139. The third-order valence-corrected chi connectivity index (χ3v) is 5.15. The Labute approximate surface area is 174 Å². The van der Waals surface area contributed by atoms with Crippen LogP contribution in [-0.2, 0) is 20.9 Å². The fourth-order valence-electron chi connectivity index (χ4n) is 3.17. The molecule has 154 valence electrons. The Balaban J connectivity index is 1.40. The molecule has 0 unspecified atom stereocenters. The van der Waals surface area contributed by atoms with Crippen LogP contribution in [0.25, 0.3) is 11.3 Å². The summed E-state index contributed by atoms with van der Waals surface area (Å²) in [5.41, 5.74) is 0.905. The number of carbonyl (C=O) groups excluding carboxylic acids is 3. The first-order valence-electron chi connectivity index (χ1n) is 9.57. The second kappa shape index (κ2) is 9.60. The molecule has 3 amide bonds. The second-order valence-corrected chi connectivity index (χ2v) is 7.37. The fraction of sp³-hybridized carbons (Fsp3) is 0.381. The number of rotatable bonds is 6. The normalized spacial score (nSPS) is 14.0. The summed E-state index contributed by atoms with van der Waals surface area (Å²) in [5.74, 6) is 1.09. The van der Waals surface area contributed by atoms with Crippen molar-refractivity contribution < 1.29 is 18.8 Å². The first-order valence-corrected chi connectivity index (χ1v) is 9.95. The zero-order valence-electron chi connectivity index (χ0n) is 16.3. The van der Waals surface area contributed by atoms with Crippen molar-refractivity contribution in [2.75, 3.05) is 26.2 Å². The topological polar surface area (TPSA) is 82.9 Å². The molecular formula is C21H24ClN3O4. The third kappa shape index (κ3) is 5.84. The Hall–Kier alpha value is -2.80. The number of amides is 3. The van der Waals surface area contributed by atoms with Gasteiger partial charge in [-0.3, -0.25) is 14.4 Å². The van der Waals surface area contributed by atoms with Gasteiger partial charge in [0.25, 0.3) is 0 Å². The molecule has 8 heteroatoms. The minimum Gasteiger partial charge on any atom is -0.459 e. The van der Waals surface area contributed by atoms with Crippen LogP contribution in [0.1, 0.15) is 25.5 Å². The van der Waals surface area contributed by atoms with E-state index in [9.17, 15) is 14.4 Å². The summed E-state index contributed by atoms with van der Waals surface area (Å²) in [4.78, 5) is 39.1. The molecule has 1 aromatic carbocycles. The van der Waals surface area contributed by atoms with E-state index in [0.29, 0.717) is 42.7 Å². The molecule has 1 saturated heterocycles. The van der Waals surface area contributed by atoms with Gasteiger partial charge in [-0.1, -0.05) is 11.6 Å². The van der Waals surface area contributed by atoms with Crippen LogP contribution in [0.4, 0.5) is 0 Å². The Morgan fingerprint density at radius 3 is 2.28 bits per heavy atom. The monoisotopic (exact) mass is 417 g/mol. The van der Waals surface area contributed by atoms with Crippen molar-refractivity contribution in [2.24, 2.45) is 0 Å². The number of nitrogens with one attached hydrogen (secondary N) is 1. The van der Waals surface area contributed by atoms with Gasteiger partial charge in [-0.15, -0.1) is 0 Å². The summed E-state index contributed by atoms with van der Waals surface area (Å²) in [7, 11) is 0. The molecule has 1 aromatic heterocycles. The number of halogens is 1. The van der Waals surface area contributed by atoms with Crippen LogP contribution in [0.15, 0.2) is 40.8 Å². The van der Waals surface area contributed by atoms with E-state index in [-0.39, 0.29) is 37.1 Å². The van der Waals surface area contributed by atoms with Crippen LogP contribution in [0.3, 0.4) is 0 Å². The molecule has 0 saturated carbocycles. The molecule has 1 N–H and O–H groups in total. The van der Waals surface area contributed by atoms with E-state index in [4.69, 9.17) is 16.0 Å². The van der Waals surface area contributed by atoms with Gasteiger partial charge in [-0.05, 0) is 36.4 Å². The van der Waals surface area contributed by atoms with Gasteiger partial charge in [-0.2, -0.15) is 0 Å². The number of piperazine rings is 1. The quantitative estimate of drug-likeness (QED) is 0.783. The highest BCUT2D eigenvalue weighted by Crippen LogP contribution is 2.23. The lowest BCUT2D eigenvalue weighted by Crippen LogP contribution is -2.50. The predicted molar refractivity (Wildman–Crippen MR) is 109 cm³/mol. The highest BCUT2D eigenvalue weighted by Gasteiger charge is 2.22. The summed E-state index contributed by atoms with van der Waals surface area (Å²) in [5, 5.41) is 3.43. The van der Waals surface area contributed by atoms with Crippen molar-refractivity contribution in [3.8, 4) is 11.3 Å². The smallest absolute Gasteiger partial charge is 0.223 e. The Kier molecular flexibility index (Phi) is 6.93. The maximum atomic E-state index is 12.3. The van der Waals surface area contributed by atoms with Gasteiger partial charge in [-0.25, -0.2) is 0 Å². The number of furan rings is 1. The standard InChI is InChI=1S/C21H24ClN3O4/c1-15(26)24-10-12-25(13-11-24)21(28)9-8-20(27)23-14-18-6-7-19(29-18)16-2-4-17(22)5-3-16/h2-7H,8-14H2,1H3,(H,23,27). The summed E-state index contributed by atoms with van der Waals surface area (Å²) in [6, 6.07) is 11.0. The van der Waals surface area contributed by atoms with Crippen LogP contribution in [0, 0.1) is 0 Å². The predicted octanol–water partition coefficient (Wildman–Crippen LogP) is 2.69. The number of hydrogen-bond donors (Lipinski definition) is 1. The molecule has 0 spiro atoms. The third-order valence-electron chi connectivity index (χ3n) is 4.89. The van der Waals surface area contributed by atoms with Crippen molar-refractivity contribution in [2.45, 2.75) is 26.3 Å². The SMILES string of the molecule is CC(=O)N1CCN(C(=O)CCC(=O)NCc2ccc(-c3ccc(Cl)cc3)o2)CC1. The molecule has 1 aliphatic rings. The van der Waals surface area contributed by atoms with Crippen LogP contribution < -0.4 is 5.32 Å². The fourth-order valence-corrected chi connectivity index (χ4v) is 3.29. The number of nitrogens with zero attached hydrogens (tertiary/aromatic N) is 2. The average molecular weight is 418 g/mol. The van der Waals surface area contributed by atoms with Crippen molar-refractivity contribution in [3.05, 3.63) is 47.2 Å². The molecule has 1 aliphatic heterocycles. The molecule has 0 bridgehead atoms. The van der Waals surface area contributed by atoms with E-state index in [0.717, 1.165) is 5.56 Å². The van der Waals surface area contributed by atoms with Crippen molar-refractivity contribution in [1.82, 2.24) is 15.1 Å². The Morgan fingerprint density at radius 1 is 0.966 bits per heavy atom. The number of hydrogen-bond acceptors (Lipinski definition) is 4. The van der Waals surface area contributed by atoms with E-state index in [1.54, 1.807) is 21.9 Å². The van der Waals surface area contributed by atoms with Crippen LogP contribution in [-0.4, -0.2) is 53.7 Å². The summed E-state index contributed by atoms with van der Waals surface area (Å²) in [6.45, 7) is 3.90. The zero-order chi connectivity index (χ0) is 20.8. The maximum absolute atomic E-state index is 12.3. The van der Waals surface area contributed by atoms with Crippen molar-refractivity contribution in [3.63, 3.8) is 0 Å². The largest absolute Gasteiger partial charge is 0.459 e. The van der Waals surface area contributed by atoms with Gasteiger partial charge in [0, 0.05) is 56.5 Å². The molecule has 0 radical (unpaired) electrons. The lowest BCUT2D eigenvalue weighted by atomic mass is 10.2. The van der Waals surface area contributed by atoms with Crippen molar-refractivity contribution >= 4 is 29.3 Å². The molecule has 0 atom stereocenters. The summed E-state index contributed by atoms with van der Waals surface area (Å²) in [6.07, 6.45) is 0.274. The van der Waals surface area contributed by atoms with E-state index in [1.165, 1.54) is 6.92 Å². The highest BCUT2D eigenvalue weighted by molar-refractivity contribution is 6.30. The molecule has 2 aromatic rings. The van der Waals surface area contributed by atoms with Crippen molar-refractivity contribution in [1.29, 1.82) is 0 Å². The van der Waals surface area contributed by atoms with Gasteiger partial charge in [0.15, 0.2) is 0 Å². The molecule has 2 heterocycles. The molecule has 3 rings (SSSR count). The van der Waals surface area contributed by atoms with Gasteiger partial charge in [0.2, 0.25) is 17.7 Å². The molecule has 7 nitrogen and oxygen atoms in total. The minimum absolute atomic E-state index is 0.0219. The minimum atomic E-state index is -0.204. The van der Waals surface area contributed by atoms with Crippen LogP contribution in [0.2, 0.25) is 5.02 Å². The first-order chi connectivity index (χ1) is 13.9. The first kappa shape index (κ1) is 20.9. The second-order valence-electron chi connectivity index (χ2n) is 6.94. The highest BCUT2D eigenvalue weighted by atomic mass is 35.5.